The minimum atomic E-state index is -0.165. The van der Waals surface area contributed by atoms with Crippen molar-refractivity contribution in [2.75, 3.05) is 19.7 Å². The van der Waals surface area contributed by atoms with Crippen LogP contribution < -0.4 is 5.32 Å². The molecule has 4 saturated carbocycles. The standard InChI is InChI=1S/C25H33N3O2S/c29-24-28(22(16-30-24)20-4-2-1-3-5-20)21-6-8-27(9-7-21)23(31)26-25-13-17-10-18(14-25)12-19(11-17)15-25/h1-5,17-19,21-22H,6-16H2,(H,26,31). The lowest BCUT2D eigenvalue weighted by Crippen LogP contribution is -2.62. The van der Waals surface area contributed by atoms with Crippen molar-refractivity contribution in [1.82, 2.24) is 15.1 Å². The maximum absolute atomic E-state index is 12.5. The maximum Gasteiger partial charge on any atom is 0.410 e. The highest BCUT2D eigenvalue weighted by atomic mass is 32.1. The Bertz CT molecular complexity index is 816. The van der Waals surface area contributed by atoms with Crippen LogP contribution in [0.4, 0.5) is 4.79 Å². The molecular weight excluding hydrogens is 406 g/mol. The molecule has 6 fully saturated rings. The zero-order valence-corrected chi connectivity index (χ0v) is 19.0. The Labute approximate surface area is 190 Å². The molecular formula is C25H33N3O2S. The number of nitrogens with zero attached hydrogens (tertiary/aromatic N) is 2. The van der Waals surface area contributed by atoms with Crippen LogP contribution in [0.25, 0.3) is 0 Å². The molecule has 6 heteroatoms. The molecule has 7 rings (SSSR count). The second-order valence-electron chi connectivity index (χ2n) is 10.8. The number of nitrogens with one attached hydrogen (secondary N) is 1. The SMILES string of the molecule is O=C1OCC(c2ccccc2)N1C1CCN(C(=S)NC23CC4CC(CC(C4)C2)C3)CC1. The van der Waals surface area contributed by atoms with Gasteiger partial charge in [-0.05, 0) is 86.9 Å². The van der Waals surface area contributed by atoms with Crippen LogP contribution in [0.15, 0.2) is 30.3 Å². The topological polar surface area (TPSA) is 44.8 Å². The highest BCUT2D eigenvalue weighted by Crippen LogP contribution is 2.55. The molecule has 4 aliphatic carbocycles. The van der Waals surface area contributed by atoms with Gasteiger partial charge in [0.1, 0.15) is 6.61 Å². The number of hydrogen-bond acceptors (Lipinski definition) is 3. The van der Waals surface area contributed by atoms with Crippen LogP contribution in [0.5, 0.6) is 0 Å². The third kappa shape index (κ3) is 3.61. The highest BCUT2D eigenvalue weighted by Gasteiger charge is 2.51. The quantitative estimate of drug-likeness (QED) is 0.703. The summed E-state index contributed by atoms with van der Waals surface area (Å²) in [5, 5.41) is 4.82. The fourth-order valence-electron chi connectivity index (χ4n) is 7.68. The molecule has 6 aliphatic rings. The second kappa shape index (κ2) is 7.65. The van der Waals surface area contributed by atoms with Crippen LogP contribution >= 0.6 is 12.2 Å². The number of thiocarbonyl (C=S) groups is 1. The van der Waals surface area contributed by atoms with Crippen LogP contribution in [0, 0.1) is 17.8 Å². The summed E-state index contributed by atoms with van der Waals surface area (Å²) in [4.78, 5) is 16.9. The minimum Gasteiger partial charge on any atom is -0.447 e. The summed E-state index contributed by atoms with van der Waals surface area (Å²) in [6, 6.07) is 10.5. The first-order chi connectivity index (χ1) is 15.1. The van der Waals surface area contributed by atoms with Gasteiger partial charge in [0.2, 0.25) is 0 Å². The predicted molar refractivity (Wildman–Crippen MR) is 124 cm³/mol. The molecule has 0 aromatic heterocycles. The fraction of sp³-hybridized carbons (Fsp3) is 0.680. The van der Waals surface area contributed by atoms with Crippen molar-refractivity contribution in [3.63, 3.8) is 0 Å². The van der Waals surface area contributed by atoms with E-state index in [2.05, 4.69) is 22.3 Å². The Morgan fingerprint density at radius 3 is 2.23 bits per heavy atom. The molecule has 0 radical (unpaired) electrons. The third-order valence-electron chi connectivity index (χ3n) is 8.65. The largest absolute Gasteiger partial charge is 0.447 e. The summed E-state index contributed by atoms with van der Waals surface area (Å²) in [7, 11) is 0. The third-order valence-corrected chi connectivity index (χ3v) is 9.01. The second-order valence-corrected chi connectivity index (χ2v) is 11.1. The van der Waals surface area contributed by atoms with Gasteiger partial charge in [0.05, 0.1) is 6.04 Å². The van der Waals surface area contributed by atoms with Gasteiger partial charge >= 0.3 is 6.09 Å². The number of cyclic esters (lactones) is 1. The molecule has 0 spiro atoms. The van der Waals surface area contributed by atoms with E-state index < -0.39 is 0 Å². The molecule has 5 nitrogen and oxygen atoms in total. The molecule has 1 unspecified atom stereocenters. The van der Waals surface area contributed by atoms with Crippen molar-refractivity contribution in [2.45, 2.75) is 69.0 Å². The Hall–Kier alpha value is -1.82. The van der Waals surface area contributed by atoms with Gasteiger partial charge in [-0.1, -0.05) is 30.3 Å². The van der Waals surface area contributed by atoms with Crippen molar-refractivity contribution in [3.8, 4) is 0 Å². The van der Waals surface area contributed by atoms with Gasteiger partial charge in [0.25, 0.3) is 0 Å². The van der Waals surface area contributed by atoms with E-state index >= 15 is 0 Å². The average molecular weight is 440 g/mol. The van der Waals surface area contributed by atoms with Crippen molar-refractivity contribution in [1.29, 1.82) is 0 Å². The van der Waals surface area contributed by atoms with Gasteiger partial charge in [0.15, 0.2) is 5.11 Å². The summed E-state index contributed by atoms with van der Waals surface area (Å²) in [6.45, 7) is 2.28. The number of rotatable bonds is 3. The molecule has 1 N–H and O–H groups in total. The lowest BCUT2D eigenvalue weighted by atomic mass is 9.53. The van der Waals surface area contributed by atoms with Crippen molar-refractivity contribution in [2.24, 2.45) is 17.8 Å². The van der Waals surface area contributed by atoms with Crippen LogP contribution in [0.1, 0.15) is 63.0 Å². The molecule has 31 heavy (non-hydrogen) atoms. The molecule has 2 heterocycles. The van der Waals surface area contributed by atoms with E-state index in [1.54, 1.807) is 0 Å². The van der Waals surface area contributed by atoms with E-state index in [1.165, 1.54) is 38.5 Å². The molecule has 4 bridgehead atoms. The number of benzene rings is 1. The molecule has 1 atom stereocenters. The van der Waals surface area contributed by atoms with E-state index in [4.69, 9.17) is 17.0 Å². The number of ether oxygens (including phenoxy) is 1. The van der Waals surface area contributed by atoms with Crippen molar-refractivity contribution >= 4 is 23.4 Å². The summed E-state index contributed by atoms with van der Waals surface area (Å²) in [5.41, 5.74) is 1.43. The predicted octanol–water partition coefficient (Wildman–Crippen LogP) is 4.49. The van der Waals surface area contributed by atoms with Gasteiger partial charge in [-0.25, -0.2) is 4.79 Å². The number of carbonyl (C=O) groups is 1. The van der Waals surface area contributed by atoms with Gasteiger partial charge in [-0.2, -0.15) is 0 Å². The van der Waals surface area contributed by atoms with Crippen LogP contribution in [0.3, 0.4) is 0 Å². The zero-order valence-electron chi connectivity index (χ0n) is 18.2. The van der Waals surface area contributed by atoms with Crippen LogP contribution in [-0.4, -0.2) is 52.3 Å². The highest BCUT2D eigenvalue weighted by molar-refractivity contribution is 7.80. The monoisotopic (exact) mass is 439 g/mol. The smallest absolute Gasteiger partial charge is 0.410 e. The van der Waals surface area contributed by atoms with E-state index in [0.717, 1.165) is 54.4 Å². The zero-order chi connectivity index (χ0) is 21.0. The van der Waals surface area contributed by atoms with Crippen molar-refractivity contribution in [3.05, 3.63) is 35.9 Å². The molecule has 166 valence electrons. The van der Waals surface area contributed by atoms with Gasteiger partial charge in [0, 0.05) is 24.7 Å². The average Bonchev–Trinajstić information content (AvgIpc) is 3.14. The van der Waals surface area contributed by atoms with E-state index in [-0.39, 0.29) is 23.7 Å². The van der Waals surface area contributed by atoms with E-state index in [1.807, 2.05) is 23.1 Å². The Balaban J connectivity index is 1.08. The minimum absolute atomic E-state index is 0.0300. The Morgan fingerprint density at radius 2 is 1.61 bits per heavy atom. The number of carbonyl (C=O) groups excluding carboxylic acids is 1. The Morgan fingerprint density at radius 1 is 1.00 bits per heavy atom. The molecule has 1 aromatic carbocycles. The van der Waals surface area contributed by atoms with Crippen LogP contribution in [0.2, 0.25) is 0 Å². The number of hydrogen-bond donors (Lipinski definition) is 1. The first-order valence-electron chi connectivity index (χ1n) is 12.2. The molecule has 1 amide bonds. The first kappa shape index (κ1) is 19.8. The molecule has 1 aromatic rings. The number of amides is 1. The molecule has 2 saturated heterocycles. The number of piperidine rings is 1. The summed E-state index contributed by atoms with van der Waals surface area (Å²) < 4.78 is 5.45. The lowest BCUT2D eigenvalue weighted by Gasteiger charge is -2.57. The fourth-order valence-corrected chi connectivity index (χ4v) is 8.08. The first-order valence-corrected chi connectivity index (χ1v) is 12.6. The Kier molecular flexibility index (Phi) is 4.89. The van der Waals surface area contributed by atoms with E-state index in [9.17, 15) is 4.79 Å². The molecule has 2 aliphatic heterocycles. The number of likely N-dealkylation sites (tertiary alicyclic amines) is 1. The summed E-state index contributed by atoms with van der Waals surface area (Å²) in [6.07, 6.45) is 10.0. The summed E-state index contributed by atoms with van der Waals surface area (Å²) >= 11 is 5.92. The normalized spacial score (nSPS) is 37.2. The van der Waals surface area contributed by atoms with E-state index in [0.29, 0.717) is 6.61 Å². The van der Waals surface area contributed by atoms with Crippen LogP contribution in [-0.2, 0) is 4.74 Å². The van der Waals surface area contributed by atoms with Crippen molar-refractivity contribution < 1.29 is 9.53 Å². The maximum atomic E-state index is 12.5. The van der Waals surface area contributed by atoms with Gasteiger partial charge in [-0.3, -0.25) is 4.90 Å². The summed E-state index contributed by atoms with van der Waals surface area (Å²) in [5.74, 6) is 2.76. The van der Waals surface area contributed by atoms with Gasteiger partial charge < -0.3 is 15.0 Å². The lowest BCUT2D eigenvalue weighted by molar-refractivity contribution is -0.0115. The van der Waals surface area contributed by atoms with Gasteiger partial charge in [-0.15, -0.1) is 0 Å².